The number of amides is 2. The molecule has 2 aromatic carbocycles. The molecule has 158 valence electrons. The minimum absolute atomic E-state index is 0.107. The highest BCUT2D eigenvalue weighted by Gasteiger charge is 2.24. The smallest absolute Gasteiger partial charge is 0.221 e. The Morgan fingerprint density at radius 3 is 2.58 bits per heavy atom. The van der Waals surface area contributed by atoms with Crippen LogP contribution in [0, 0.1) is 0 Å². The number of carbonyl (C=O) groups is 2. The third kappa shape index (κ3) is 5.01. The zero-order chi connectivity index (χ0) is 21.8. The van der Waals surface area contributed by atoms with Crippen molar-refractivity contribution in [1.29, 1.82) is 0 Å². The van der Waals surface area contributed by atoms with Crippen LogP contribution in [-0.4, -0.2) is 16.8 Å². The quantitative estimate of drug-likeness (QED) is 0.619. The van der Waals surface area contributed by atoms with E-state index in [1.165, 1.54) is 13.8 Å². The molecule has 1 atom stereocenters. The third-order valence-corrected chi connectivity index (χ3v) is 4.87. The van der Waals surface area contributed by atoms with Crippen molar-refractivity contribution in [3.05, 3.63) is 71.9 Å². The first-order chi connectivity index (χ1) is 15.0. The van der Waals surface area contributed by atoms with Crippen LogP contribution < -0.4 is 20.1 Å². The van der Waals surface area contributed by atoms with Gasteiger partial charge in [-0.1, -0.05) is 18.2 Å². The highest BCUT2D eigenvalue weighted by molar-refractivity contribution is 5.89. The fraction of sp³-hybridized carbons (Fsp3) is 0.208. The van der Waals surface area contributed by atoms with Gasteiger partial charge in [-0.3, -0.25) is 9.59 Å². The van der Waals surface area contributed by atoms with Crippen molar-refractivity contribution in [2.24, 2.45) is 0 Å². The SMILES string of the molecule is CC(=O)Nc1ccc(Oc2ccc3c(c2)CCC(c2ccccc2NC(C)=O)O3)nc1. The van der Waals surface area contributed by atoms with Crippen molar-refractivity contribution >= 4 is 23.2 Å². The molecule has 31 heavy (non-hydrogen) atoms. The number of para-hydroxylation sites is 1. The van der Waals surface area contributed by atoms with Gasteiger partial charge < -0.3 is 20.1 Å². The number of benzene rings is 2. The summed E-state index contributed by atoms with van der Waals surface area (Å²) in [6.45, 7) is 2.94. The van der Waals surface area contributed by atoms with Crippen LogP contribution in [0.15, 0.2) is 60.8 Å². The highest BCUT2D eigenvalue weighted by Crippen LogP contribution is 2.39. The molecule has 7 heteroatoms. The maximum absolute atomic E-state index is 11.5. The van der Waals surface area contributed by atoms with E-state index in [2.05, 4.69) is 15.6 Å². The van der Waals surface area contributed by atoms with Gasteiger partial charge in [0.15, 0.2) is 0 Å². The topological polar surface area (TPSA) is 89.6 Å². The molecule has 0 bridgehead atoms. The molecular formula is C24H23N3O4. The average molecular weight is 417 g/mol. The Hall–Kier alpha value is -3.87. The van der Waals surface area contributed by atoms with Gasteiger partial charge in [0.1, 0.15) is 17.6 Å². The molecule has 2 heterocycles. The number of aromatic nitrogens is 1. The number of nitrogens with one attached hydrogen (secondary N) is 2. The second kappa shape index (κ2) is 8.87. The van der Waals surface area contributed by atoms with E-state index in [-0.39, 0.29) is 17.9 Å². The second-order valence-corrected chi connectivity index (χ2v) is 7.35. The standard InChI is InChI=1S/C24H23N3O4/c1-15(28)26-18-8-12-24(25-14-18)30-19-9-11-22-17(13-19)7-10-23(31-22)20-5-3-4-6-21(20)27-16(2)29/h3-6,8-9,11-14,23H,7,10H2,1-2H3,(H,26,28)(H,27,29). The summed E-state index contributed by atoms with van der Waals surface area (Å²) in [6, 6.07) is 16.8. The van der Waals surface area contributed by atoms with E-state index in [0.29, 0.717) is 17.3 Å². The zero-order valence-corrected chi connectivity index (χ0v) is 17.3. The van der Waals surface area contributed by atoms with Gasteiger partial charge in [0.05, 0.1) is 11.9 Å². The number of fused-ring (bicyclic) bond motifs is 1. The Balaban J connectivity index is 1.47. The van der Waals surface area contributed by atoms with Gasteiger partial charge in [-0.15, -0.1) is 0 Å². The molecule has 0 radical (unpaired) electrons. The molecule has 3 aromatic rings. The fourth-order valence-electron chi connectivity index (χ4n) is 3.57. The summed E-state index contributed by atoms with van der Waals surface area (Å²) >= 11 is 0. The average Bonchev–Trinajstić information content (AvgIpc) is 2.74. The Labute approximate surface area is 180 Å². The molecule has 7 nitrogen and oxygen atoms in total. The van der Waals surface area contributed by atoms with Crippen LogP contribution in [0.3, 0.4) is 0 Å². The number of rotatable bonds is 5. The Morgan fingerprint density at radius 1 is 1.03 bits per heavy atom. The lowest BCUT2D eigenvalue weighted by Gasteiger charge is -2.28. The van der Waals surface area contributed by atoms with E-state index in [1.807, 2.05) is 42.5 Å². The van der Waals surface area contributed by atoms with Gasteiger partial charge in [-0.05, 0) is 48.7 Å². The largest absolute Gasteiger partial charge is 0.485 e. The summed E-state index contributed by atoms with van der Waals surface area (Å²) in [4.78, 5) is 26.8. The highest BCUT2D eigenvalue weighted by atomic mass is 16.5. The van der Waals surface area contributed by atoms with Crippen molar-refractivity contribution < 1.29 is 19.1 Å². The third-order valence-electron chi connectivity index (χ3n) is 4.87. The molecule has 1 aromatic heterocycles. The maximum Gasteiger partial charge on any atom is 0.221 e. The van der Waals surface area contributed by atoms with Gasteiger partial charge in [0.2, 0.25) is 17.7 Å². The van der Waals surface area contributed by atoms with Crippen molar-refractivity contribution in [1.82, 2.24) is 4.98 Å². The molecule has 2 N–H and O–H groups in total. The predicted octanol–water partition coefficient (Wildman–Crippen LogP) is 4.86. The van der Waals surface area contributed by atoms with Crippen molar-refractivity contribution in [3.63, 3.8) is 0 Å². The number of pyridine rings is 1. The first-order valence-corrected chi connectivity index (χ1v) is 10.1. The molecule has 2 amide bonds. The predicted molar refractivity (Wildman–Crippen MR) is 117 cm³/mol. The monoisotopic (exact) mass is 417 g/mol. The summed E-state index contributed by atoms with van der Waals surface area (Å²) in [6.07, 6.45) is 3.03. The second-order valence-electron chi connectivity index (χ2n) is 7.35. The Bertz CT molecular complexity index is 1110. The first kappa shape index (κ1) is 20.4. The lowest BCUT2D eigenvalue weighted by atomic mass is 9.96. The molecule has 1 unspecified atom stereocenters. The molecular weight excluding hydrogens is 394 g/mol. The Kier molecular flexibility index (Phi) is 5.84. The lowest BCUT2D eigenvalue weighted by molar-refractivity contribution is -0.115. The number of nitrogens with zero attached hydrogens (tertiary/aromatic N) is 1. The number of anilines is 2. The van der Waals surface area contributed by atoms with Gasteiger partial charge >= 0.3 is 0 Å². The minimum Gasteiger partial charge on any atom is -0.485 e. The van der Waals surface area contributed by atoms with E-state index in [9.17, 15) is 9.59 Å². The summed E-state index contributed by atoms with van der Waals surface area (Å²) in [5, 5.41) is 5.55. The molecule has 0 aliphatic carbocycles. The molecule has 0 spiro atoms. The van der Waals surface area contributed by atoms with Crippen LogP contribution in [0.1, 0.15) is 37.5 Å². The molecule has 1 aliphatic heterocycles. The minimum atomic E-state index is -0.150. The summed E-state index contributed by atoms with van der Waals surface area (Å²) < 4.78 is 12.1. The number of carbonyl (C=O) groups excluding carboxylic acids is 2. The molecule has 0 fully saturated rings. The van der Waals surface area contributed by atoms with Crippen molar-refractivity contribution in [3.8, 4) is 17.4 Å². The Morgan fingerprint density at radius 2 is 1.84 bits per heavy atom. The first-order valence-electron chi connectivity index (χ1n) is 10.1. The maximum atomic E-state index is 11.5. The molecule has 1 aliphatic rings. The van der Waals surface area contributed by atoms with Crippen molar-refractivity contribution in [2.75, 3.05) is 10.6 Å². The molecule has 0 saturated heterocycles. The normalized spacial score (nSPS) is 14.7. The number of ether oxygens (including phenoxy) is 2. The van der Waals surface area contributed by atoms with Gasteiger partial charge in [0, 0.05) is 31.2 Å². The van der Waals surface area contributed by atoms with Crippen LogP contribution in [0.2, 0.25) is 0 Å². The van der Waals surface area contributed by atoms with Crippen LogP contribution in [0.4, 0.5) is 11.4 Å². The lowest BCUT2D eigenvalue weighted by Crippen LogP contribution is -2.18. The van der Waals surface area contributed by atoms with Gasteiger partial charge in [-0.25, -0.2) is 4.98 Å². The fourth-order valence-corrected chi connectivity index (χ4v) is 3.57. The van der Waals surface area contributed by atoms with E-state index >= 15 is 0 Å². The van der Waals surface area contributed by atoms with Crippen LogP contribution in [-0.2, 0) is 16.0 Å². The van der Waals surface area contributed by atoms with E-state index in [1.54, 1.807) is 18.3 Å². The van der Waals surface area contributed by atoms with E-state index in [0.717, 1.165) is 35.4 Å². The zero-order valence-electron chi connectivity index (χ0n) is 17.3. The number of hydrogen-bond acceptors (Lipinski definition) is 5. The summed E-state index contributed by atoms with van der Waals surface area (Å²) in [5.74, 6) is 1.65. The van der Waals surface area contributed by atoms with Gasteiger partial charge in [0.25, 0.3) is 0 Å². The van der Waals surface area contributed by atoms with Crippen LogP contribution in [0.5, 0.6) is 17.4 Å². The van der Waals surface area contributed by atoms with Crippen LogP contribution >= 0.6 is 0 Å². The number of aryl methyl sites for hydroxylation is 1. The van der Waals surface area contributed by atoms with E-state index in [4.69, 9.17) is 9.47 Å². The van der Waals surface area contributed by atoms with E-state index < -0.39 is 0 Å². The molecule has 4 rings (SSSR count). The van der Waals surface area contributed by atoms with Crippen molar-refractivity contribution in [2.45, 2.75) is 32.8 Å². The van der Waals surface area contributed by atoms with Crippen LogP contribution in [0.25, 0.3) is 0 Å². The molecule has 0 saturated carbocycles. The number of hydrogen-bond donors (Lipinski definition) is 2. The summed E-state index contributed by atoms with van der Waals surface area (Å²) in [5.41, 5.74) is 3.41. The summed E-state index contributed by atoms with van der Waals surface area (Å²) in [7, 11) is 0. The van der Waals surface area contributed by atoms with Gasteiger partial charge in [-0.2, -0.15) is 0 Å².